The number of nitrogens with zero attached hydrogens (tertiary/aromatic N) is 3. The second kappa shape index (κ2) is 8.56. The summed E-state index contributed by atoms with van der Waals surface area (Å²) >= 11 is 0. The summed E-state index contributed by atoms with van der Waals surface area (Å²) < 4.78 is 7.28. The van der Waals surface area contributed by atoms with E-state index in [-0.39, 0.29) is 5.91 Å². The number of nitrogens with one attached hydrogen (secondary N) is 3. The zero-order chi connectivity index (χ0) is 21.2. The number of rotatable bonds is 6. The van der Waals surface area contributed by atoms with Crippen molar-refractivity contribution in [2.45, 2.75) is 19.5 Å². The number of anilines is 1. The number of aryl methyl sites for hydroxylation is 1. The lowest BCUT2D eigenvalue weighted by Crippen LogP contribution is -2.38. The molecule has 0 aliphatic carbocycles. The Labute approximate surface area is 181 Å². The van der Waals surface area contributed by atoms with Crippen LogP contribution in [0.1, 0.15) is 17.5 Å². The minimum atomic E-state index is 0.0835. The first-order valence-electron chi connectivity index (χ1n) is 10.8. The molecule has 8 nitrogen and oxygen atoms in total. The number of benzene rings is 1. The maximum Gasteiger partial charge on any atom is 0.221 e. The predicted molar refractivity (Wildman–Crippen MR) is 119 cm³/mol. The minimum absolute atomic E-state index is 0.0835. The van der Waals surface area contributed by atoms with Gasteiger partial charge in [-0.2, -0.15) is 5.10 Å². The van der Waals surface area contributed by atoms with Crippen LogP contribution >= 0.6 is 0 Å². The molecule has 0 radical (unpaired) electrons. The van der Waals surface area contributed by atoms with E-state index in [1.54, 1.807) is 0 Å². The van der Waals surface area contributed by atoms with E-state index in [4.69, 9.17) is 4.74 Å². The first-order valence-corrected chi connectivity index (χ1v) is 10.8. The Hall–Kier alpha value is -3.10. The third-order valence-corrected chi connectivity index (χ3v) is 6.03. The van der Waals surface area contributed by atoms with Crippen LogP contribution in [-0.4, -0.2) is 58.4 Å². The molecule has 31 heavy (non-hydrogen) atoms. The molecule has 3 aromatic rings. The van der Waals surface area contributed by atoms with Gasteiger partial charge >= 0.3 is 0 Å². The number of morpholine rings is 1. The van der Waals surface area contributed by atoms with Gasteiger partial charge < -0.3 is 20.4 Å². The molecule has 4 heterocycles. The van der Waals surface area contributed by atoms with Gasteiger partial charge in [-0.1, -0.05) is 18.2 Å². The Balaban J connectivity index is 1.23. The van der Waals surface area contributed by atoms with Gasteiger partial charge in [0.2, 0.25) is 5.91 Å². The van der Waals surface area contributed by atoms with Crippen molar-refractivity contribution < 1.29 is 9.53 Å². The lowest BCUT2D eigenvalue weighted by Gasteiger charge is -2.26. The Bertz CT molecular complexity index is 1080. The highest BCUT2D eigenvalue weighted by Gasteiger charge is 2.22. The fourth-order valence-electron chi connectivity index (χ4n) is 4.30. The zero-order valence-electron chi connectivity index (χ0n) is 17.8. The van der Waals surface area contributed by atoms with Crippen LogP contribution in [0.5, 0.6) is 0 Å². The second-order valence-electron chi connectivity index (χ2n) is 8.15. The molecule has 0 bridgehead atoms. The fourth-order valence-corrected chi connectivity index (χ4v) is 4.30. The second-order valence-corrected chi connectivity index (χ2v) is 8.15. The van der Waals surface area contributed by atoms with Crippen LogP contribution in [0.4, 0.5) is 5.82 Å². The number of H-pyrrole nitrogens is 1. The molecule has 2 aromatic heterocycles. The van der Waals surface area contributed by atoms with Crippen LogP contribution in [0.3, 0.4) is 0 Å². The van der Waals surface area contributed by atoms with Crippen LogP contribution in [-0.2, 0) is 29.7 Å². The first-order chi connectivity index (χ1) is 15.2. The molecule has 1 aromatic carbocycles. The van der Waals surface area contributed by atoms with Crippen LogP contribution in [0.15, 0.2) is 36.5 Å². The molecule has 0 saturated carbocycles. The summed E-state index contributed by atoms with van der Waals surface area (Å²) in [5, 5.41) is 10.9. The zero-order valence-corrected chi connectivity index (χ0v) is 17.8. The van der Waals surface area contributed by atoms with E-state index in [1.165, 1.54) is 5.56 Å². The molecule has 162 valence electrons. The molecule has 2 aliphatic rings. The number of carbonyl (C=O) groups is 1. The number of ether oxygens (including phenoxy) is 1. The molecular weight excluding hydrogens is 392 g/mol. The summed E-state index contributed by atoms with van der Waals surface area (Å²) in [4.78, 5) is 18.1. The van der Waals surface area contributed by atoms with Crippen molar-refractivity contribution in [1.29, 1.82) is 0 Å². The monoisotopic (exact) mass is 420 g/mol. The first kappa shape index (κ1) is 19.8. The molecule has 1 saturated heterocycles. The number of amides is 1. The van der Waals surface area contributed by atoms with E-state index < -0.39 is 0 Å². The molecule has 2 aliphatic heterocycles. The van der Waals surface area contributed by atoms with Crippen molar-refractivity contribution in [3.8, 4) is 22.5 Å². The summed E-state index contributed by atoms with van der Waals surface area (Å²) in [6.07, 6.45) is 2.43. The molecule has 1 amide bonds. The van der Waals surface area contributed by atoms with E-state index in [2.05, 4.69) is 43.8 Å². The number of hydrogen-bond acceptors (Lipinski definition) is 5. The molecule has 8 heteroatoms. The molecular formula is C23H28N6O2. The summed E-state index contributed by atoms with van der Waals surface area (Å²) in [6.45, 7) is 5.41. The number of aromatic nitrogens is 3. The smallest absolute Gasteiger partial charge is 0.221 e. The van der Waals surface area contributed by atoms with Crippen LogP contribution < -0.4 is 10.6 Å². The van der Waals surface area contributed by atoms with Gasteiger partial charge in [0.05, 0.1) is 25.1 Å². The molecule has 0 atom stereocenters. The molecule has 0 spiro atoms. The van der Waals surface area contributed by atoms with Gasteiger partial charge in [-0.25, -0.2) is 0 Å². The van der Waals surface area contributed by atoms with E-state index in [1.807, 2.05) is 30.1 Å². The van der Waals surface area contributed by atoms with Crippen molar-refractivity contribution >= 4 is 11.7 Å². The molecule has 3 N–H and O–H groups in total. The summed E-state index contributed by atoms with van der Waals surface area (Å²) in [5.74, 6) is 1.10. The van der Waals surface area contributed by atoms with Crippen molar-refractivity contribution in [1.82, 2.24) is 25.0 Å². The van der Waals surface area contributed by atoms with Crippen molar-refractivity contribution in [2.75, 3.05) is 38.2 Å². The largest absolute Gasteiger partial charge is 0.379 e. The maximum absolute atomic E-state index is 12.3. The highest BCUT2D eigenvalue weighted by Crippen LogP contribution is 2.38. The average Bonchev–Trinajstić information content (AvgIpc) is 3.40. The van der Waals surface area contributed by atoms with Gasteiger partial charge in [0, 0.05) is 63.0 Å². The number of aromatic amines is 1. The Morgan fingerprint density at radius 3 is 3.00 bits per heavy atom. The standard InChI is InChI=1S/C23H28N6O2/c1-28-22-18(15-26-28)14-25-23-19(22)12-20(27-23)17-4-2-3-16(11-17)13-24-21(30)5-6-29-7-9-31-10-8-29/h2-4,11-12,15,25,27H,5-10,13-14H2,1H3,(H,24,30). The van der Waals surface area contributed by atoms with E-state index >= 15 is 0 Å². The number of fused-ring (bicyclic) bond motifs is 3. The van der Waals surface area contributed by atoms with Gasteiger partial charge in [0.15, 0.2) is 0 Å². The summed E-state index contributed by atoms with van der Waals surface area (Å²) in [6, 6.07) is 10.5. The van der Waals surface area contributed by atoms with E-state index in [0.717, 1.165) is 73.3 Å². The maximum atomic E-state index is 12.3. The lowest BCUT2D eigenvalue weighted by atomic mass is 10.0. The Morgan fingerprint density at radius 2 is 2.13 bits per heavy atom. The minimum Gasteiger partial charge on any atom is -0.379 e. The molecule has 0 unspecified atom stereocenters. The fraction of sp³-hybridized carbons (Fsp3) is 0.391. The van der Waals surface area contributed by atoms with Gasteiger partial charge in [0.1, 0.15) is 5.82 Å². The van der Waals surface area contributed by atoms with Crippen LogP contribution in [0.2, 0.25) is 0 Å². The molecule has 5 rings (SSSR count). The van der Waals surface area contributed by atoms with E-state index in [9.17, 15) is 4.79 Å². The quantitative estimate of drug-likeness (QED) is 0.570. The number of hydrogen-bond donors (Lipinski definition) is 3. The van der Waals surface area contributed by atoms with Crippen molar-refractivity contribution in [3.63, 3.8) is 0 Å². The summed E-state index contributed by atoms with van der Waals surface area (Å²) in [5.41, 5.74) is 6.72. The van der Waals surface area contributed by atoms with Gasteiger partial charge in [-0.05, 0) is 23.3 Å². The van der Waals surface area contributed by atoms with Crippen LogP contribution in [0.25, 0.3) is 22.5 Å². The highest BCUT2D eigenvalue weighted by atomic mass is 16.5. The van der Waals surface area contributed by atoms with E-state index in [0.29, 0.717) is 13.0 Å². The summed E-state index contributed by atoms with van der Waals surface area (Å²) in [7, 11) is 1.98. The third-order valence-electron chi connectivity index (χ3n) is 6.03. The third kappa shape index (κ3) is 4.22. The normalized spacial score (nSPS) is 15.8. The lowest BCUT2D eigenvalue weighted by molar-refractivity contribution is -0.121. The van der Waals surface area contributed by atoms with Crippen molar-refractivity contribution in [3.05, 3.63) is 47.7 Å². The van der Waals surface area contributed by atoms with Gasteiger partial charge in [0.25, 0.3) is 0 Å². The Kier molecular flexibility index (Phi) is 5.48. The number of carbonyl (C=O) groups excluding carboxylic acids is 1. The predicted octanol–water partition coefficient (Wildman–Crippen LogP) is 2.35. The highest BCUT2D eigenvalue weighted by molar-refractivity contribution is 5.84. The average molecular weight is 421 g/mol. The topological polar surface area (TPSA) is 87.2 Å². The van der Waals surface area contributed by atoms with Gasteiger partial charge in [-0.15, -0.1) is 0 Å². The van der Waals surface area contributed by atoms with Gasteiger partial charge in [-0.3, -0.25) is 14.4 Å². The Morgan fingerprint density at radius 1 is 1.26 bits per heavy atom. The van der Waals surface area contributed by atoms with Crippen LogP contribution in [0, 0.1) is 0 Å². The van der Waals surface area contributed by atoms with Crippen molar-refractivity contribution in [2.24, 2.45) is 7.05 Å². The molecule has 1 fully saturated rings. The SMILES string of the molecule is Cn1ncc2c1-c1cc(-c3cccc(CNC(=O)CCN4CCOCC4)c3)[nH]c1NC2.